The first-order chi connectivity index (χ1) is 9.69. The zero-order chi connectivity index (χ0) is 14.8. The monoisotopic (exact) mass is 282 g/mol. The maximum atomic E-state index is 12.0. The lowest BCUT2D eigenvalue weighted by molar-refractivity contribution is 0.0252. The van der Waals surface area contributed by atoms with Crippen molar-refractivity contribution in [1.82, 2.24) is 0 Å². The van der Waals surface area contributed by atoms with Crippen molar-refractivity contribution in [2.45, 2.75) is 6.92 Å². The van der Waals surface area contributed by atoms with Gasteiger partial charge in [0.2, 0.25) is 0 Å². The van der Waals surface area contributed by atoms with E-state index in [-0.39, 0.29) is 12.4 Å². The van der Waals surface area contributed by atoms with Gasteiger partial charge in [0.05, 0.1) is 39.1 Å². The third-order valence-corrected chi connectivity index (χ3v) is 2.69. The van der Waals surface area contributed by atoms with Crippen LogP contribution in [0.3, 0.4) is 0 Å². The average Bonchev–Trinajstić information content (AvgIpc) is 2.45. The molecule has 0 aromatic heterocycles. The number of methoxy groups -OCH3 is 2. The molecule has 5 heteroatoms. The number of carbonyl (C=O) groups is 1. The number of Topliss-reactive ketones (excluding diaryl/α,β-unsaturated/α-hetero) is 1. The Kier molecular flexibility index (Phi) is 7.87. The molecule has 0 aliphatic carbocycles. The Hall–Kier alpha value is -1.43. The van der Waals surface area contributed by atoms with Crippen LogP contribution < -0.4 is 4.74 Å². The van der Waals surface area contributed by atoms with E-state index >= 15 is 0 Å². The van der Waals surface area contributed by atoms with Gasteiger partial charge in [-0.3, -0.25) is 4.79 Å². The highest BCUT2D eigenvalue weighted by molar-refractivity contribution is 5.99. The Morgan fingerprint density at radius 2 is 1.75 bits per heavy atom. The van der Waals surface area contributed by atoms with Crippen LogP contribution >= 0.6 is 0 Å². The second-order valence-corrected chi connectivity index (χ2v) is 4.28. The highest BCUT2D eigenvalue weighted by Crippen LogP contribution is 2.20. The first-order valence-electron chi connectivity index (χ1n) is 6.51. The third-order valence-electron chi connectivity index (χ3n) is 2.69. The Morgan fingerprint density at radius 1 is 1.05 bits per heavy atom. The van der Waals surface area contributed by atoms with Crippen LogP contribution in [0.2, 0.25) is 0 Å². The van der Waals surface area contributed by atoms with E-state index < -0.39 is 0 Å². The van der Waals surface area contributed by atoms with Gasteiger partial charge in [0.15, 0.2) is 5.78 Å². The Bertz CT molecular complexity index is 417. The highest BCUT2D eigenvalue weighted by atomic mass is 16.5. The Balaban J connectivity index is 2.32. The topological polar surface area (TPSA) is 54.0 Å². The molecule has 112 valence electrons. The third kappa shape index (κ3) is 5.69. The van der Waals surface area contributed by atoms with Gasteiger partial charge in [-0.1, -0.05) is 6.07 Å². The zero-order valence-electron chi connectivity index (χ0n) is 12.3. The minimum absolute atomic E-state index is 0.0209. The molecule has 0 aliphatic heterocycles. The predicted molar refractivity (Wildman–Crippen MR) is 75.6 cm³/mol. The van der Waals surface area contributed by atoms with Crippen molar-refractivity contribution in [2.75, 3.05) is 47.3 Å². The molecule has 0 aliphatic rings. The van der Waals surface area contributed by atoms with Crippen LogP contribution in [0.15, 0.2) is 18.2 Å². The molecule has 0 heterocycles. The van der Waals surface area contributed by atoms with E-state index in [0.717, 1.165) is 5.56 Å². The van der Waals surface area contributed by atoms with Crippen LogP contribution in [-0.4, -0.2) is 53.0 Å². The average molecular weight is 282 g/mol. The molecular weight excluding hydrogens is 260 g/mol. The molecule has 1 rings (SSSR count). The summed E-state index contributed by atoms with van der Waals surface area (Å²) in [4.78, 5) is 12.0. The minimum atomic E-state index is -0.0984. The molecule has 0 fully saturated rings. The lowest BCUT2D eigenvalue weighted by Crippen LogP contribution is -2.14. The first-order valence-corrected chi connectivity index (χ1v) is 6.51. The molecule has 0 saturated carbocycles. The Labute approximate surface area is 119 Å². The van der Waals surface area contributed by atoms with Crippen molar-refractivity contribution < 1.29 is 23.7 Å². The number of ether oxygens (including phenoxy) is 4. The van der Waals surface area contributed by atoms with E-state index in [0.29, 0.717) is 37.7 Å². The quantitative estimate of drug-likeness (QED) is 0.484. The van der Waals surface area contributed by atoms with Crippen molar-refractivity contribution in [3.05, 3.63) is 29.3 Å². The number of hydrogen-bond acceptors (Lipinski definition) is 5. The molecular formula is C15H22O5. The lowest BCUT2D eigenvalue weighted by atomic mass is 10.1. The van der Waals surface area contributed by atoms with E-state index in [1.807, 2.05) is 19.1 Å². The van der Waals surface area contributed by atoms with Gasteiger partial charge in [-0.2, -0.15) is 0 Å². The molecule has 0 bridgehead atoms. The van der Waals surface area contributed by atoms with Gasteiger partial charge in [-0.25, -0.2) is 0 Å². The van der Waals surface area contributed by atoms with Crippen LogP contribution in [0.25, 0.3) is 0 Å². The van der Waals surface area contributed by atoms with E-state index in [1.165, 1.54) is 0 Å². The number of aryl methyl sites for hydroxylation is 1. The van der Waals surface area contributed by atoms with E-state index in [4.69, 9.17) is 18.9 Å². The number of ketones is 1. The van der Waals surface area contributed by atoms with Crippen LogP contribution in [0.5, 0.6) is 5.75 Å². The standard InChI is InChI=1S/C15H22O5/c1-12-4-5-13(15(10-12)18-3)14(16)11-20-9-8-19-7-6-17-2/h4-5,10H,6-9,11H2,1-3H3. The van der Waals surface area contributed by atoms with Gasteiger partial charge < -0.3 is 18.9 Å². The van der Waals surface area contributed by atoms with E-state index in [9.17, 15) is 4.79 Å². The molecule has 0 atom stereocenters. The Morgan fingerprint density at radius 3 is 2.45 bits per heavy atom. The van der Waals surface area contributed by atoms with Crippen molar-refractivity contribution in [3.8, 4) is 5.75 Å². The zero-order valence-corrected chi connectivity index (χ0v) is 12.3. The maximum absolute atomic E-state index is 12.0. The van der Waals surface area contributed by atoms with Crippen molar-refractivity contribution in [1.29, 1.82) is 0 Å². The summed E-state index contributed by atoms with van der Waals surface area (Å²) in [7, 11) is 3.17. The van der Waals surface area contributed by atoms with Gasteiger partial charge >= 0.3 is 0 Å². The minimum Gasteiger partial charge on any atom is -0.496 e. The summed E-state index contributed by atoms with van der Waals surface area (Å²) in [5, 5.41) is 0. The number of benzene rings is 1. The smallest absolute Gasteiger partial charge is 0.192 e. The van der Waals surface area contributed by atoms with Crippen LogP contribution in [0.4, 0.5) is 0 Å². The molecule has 5 nitrogen and oxygen atoms in total. The molecule has 20 heavy (non-hydrogen) atoms. The summed E-state index contributed by atoms with van der Waals surface area (Å²) in [5.41, 5.74) is 1.59. The summed E-state index contributed by atoms with van der Waals surface area (Å²) < 4.78 is 20.6. The lowest BCUT2D eigenvalue weighted by Gasteiger charge is -2.09. The van der Waals surface area contributed by atoms with E-state index in [1.54, 1.807) is 20.3 Å². The SMILES string of the molecule is COCCOCCOCC(=O)c1ccc(C)cc1OC. The second kappa shape index (κ2) is 9.47. The van der Waals surface area contributed by atoms with Crippen molar-refractivity contribution in [3.63, 3.8) is 0 Å². The summed E-state index contributed by atoms with van der Waals surface area (Å²) in [6.45, 7) is 3.88. The highest BCUT2D eigenvalue weighted by Gasteiger charge is 2.12. The van der Waals surface area contributed by atoms with Gasteiger partial charge in [-0.05, 0) is 24.6 Å². The summed E-state index contributed by atoms with van der Waals surface area (Å²) in [6.07, 6.45) is 0. The fraction of sp³-hybridized carbons (Fsp3) is 0.533. The predicted octanol–water partition coefficient (Wildman–Crippen LogP) is 1.87. The molecule has 0 amide bonds. The normalized spacial score (nSPS) is 10.6. The summed E-state index contributed by atoms with van der Waals surface area (Å²) in [6, 6.07) is 5.47. The van der Waals surface area contributed by atoms with Crippen molar-refractivity contribution in [2.24, 2.45) is 0 Å². The fourth-order valence-electron chi connectivity index (χ4n) is 1.63. The summed E-state index contributed by atoms with van der Waals surface area (Å²) >= 11 is 0. The molecule has 0 saturated heterocycles. The summed E-state index contributed by atoms with van der Waals surface area (Å²) in [5.74, 6) is 0.480. The molecule has 1 aromatic carbocycles. The molecule has 0 unspecified atom stereocenters. The van der Waals surface area contributed by atoms with Gasteiger partial charge in [0, 0.05) is 7.11 Å². The van der Waals surface area contributed by atoms with Gasteiger partial charge in [0.1, 0.15) is 12.4 Å². The van der Waals surface area contributed by atoms with Crippen LogP contribution in [0.1, 0.15) is 15.9 Å². The molecule has 0 spiro atoms. The van der Waals surface area contributed by atoms with Gasteiger partial charge in [0.25, 0.3) is 0 Å². The van der Waals surface area contributed by atoms with Gasteiger partial charge in [-0.15, -0.1) is 0 Å². The number of hydrogen-bond donors (Lipinski definition) is 0. The number of carbonyl (C=O) groups excluding carboxylic acids is 1. The van der Waals surface area contributed by atoms with Crippen molar-refractivity contribution >= 4 is 5.78 Å². The molecule has 0 radical (unpaired) electrons. The fourth-order valence-corrected chi connectivity index (χ4v) is 1.63. The first kappa shape index (κ1) is 16.6. The van der Waals surface area contributed by atoms with E-state index in [2.05, 4.69) is 0 Å². The van der Waals surface area contributed by atoms with Crippen LogP contribution in [-0.2, 0) is 14.2 Å². The largest absolute Gasteiger partial charge is 0.496 e. The number of rotatable bonds is 10. The molecule has 0 N–H and O–H groups in total. The van der Waals surface area contributed by atoms with Crippen LogP contribution in [0, 0.1) is 6.92 Å². The maximum Gasteiger partial charge on any atom is 0.192 e. The molecule has 1 aromatic rings. The second-order valence-electron chi connectivity index (χ2n) is 4.28.